The lowest BCUT2D eigenvalue weighted by atomic mass is 9.98. The molecule has 19 heavy (non-hydrogen) atoms. The topological polar surface area (TPSA) is 12.0 Å². The molecule has 0 aliphatic carbocycles. The van der Waals surface area contributed by atoms with Gasteiger partial charge in [-0.2, -0.15) is 0 Å². The normalized spacial score (nSPS) is 12.5. The Bertz CT molecular complexity index is 578. The Kier molecular flexibility index (Phi) is 4.76. The van der Waals surface area contributed by atoms with Crippen molar-refractivity contribution in [2.45, 2.75) is 13.0 Å². The molecule has 0 aliphatic heterocycles. The van der Waals surface area contributed by atoms with E-state index in [0.29, 0.717) is 5.56 Å². The van der Waals surface area contributed by atoms with Crippen LogP contribution in [0.3, 0.4) is 0 Å². The highest BCUT2D eigenvalue weighted by atomic mass is 79.9. The van der Waals surface area contributed by atoms with Crippen molar-refractivity contribution in [3.8, 4) is 0 Å². The molecule has 0 fully saturated rings. The molecule has 0 heterocycles. The van der Waals surface area contributed by atoms with Gasteiger partial charge in [0.05, 0.1) is 6.04 Å². The molecule has 100 valence electrons. The van der Waals surface area contributed by atoms with E-state index in [4.69, 9.17) is 0 Å². The van der Waals surface area contributed by atoms with Crippen LogP contribution >= 0.6 is 31.9 Å². The van der Waals surface area contributed by atoms with Crippen LogP contribution in [0.2, 0.25) is 0 Å². The van der Waals surface area contributed by atoms with Crippen molar-refractivity contribution in [3.63, 3.8) is 0 Å². The molecule has 0 aliphatic rings. The molecule has 0 radical (unpaired) electrons. The first-order valence-corrected chi connectivity index (χ1v) is 7.49. The average molecular weight is 387 g/mol. The summed E-state index contributed by atoms with van der Waals surface area (Å²) in [4.78, 5) is 0. The summed E-state index contributed by atoms with van der Waals surface area (Å²) in [5.74, 6) is -0.174. The number of nitrogens with one attached hydrogen (secondary N) is 1. The van der Waals surface area contributed by atoms with E-state index in [1.54, 1.807) is 13.0 Å². The third kappa shape index (κ3) is 3.44. The Labute approximate surface area is 129 Å². The van der Waals surface area contributed by atoms with Gasteiger partial charge in [0.25, 0.3) is 0 Å². The van der Waals surface area contributed by atoms with Crippen LogP contribution in [0.25, 0.3) is 0 Å². The van der Waals surface area contributed by atoms with Crippen LogP contribution in [-0.4, -0.2) is 7.05 Å². The van der Waals surface area contributed by atoms with Gasteiger partial charge in [0.2, 0.25) is 0 Å². The second-order valence-corrected chi connectivity index (χ2v) is 6.26. The quantitative estimate of drug-likeness (QED) is 0.785. The van der Waals surface area contributed by atoms with Crippen molar-refractivity contribution < 1.29 is 4.39 Å². The number of halogens is 3. The number of rotatable bonds is 3. The lowest BCUT2D eigenvalue weighted by Gasteiger charge is -2.18. The summed E-state index contributed by atoms with van der Waals surface area (Å²) in [6, 6.07) is 11.4. The predicted molar refractivity (Wildman–Crippen MR) is 83.9 cm³/mol. The van der Waals surface area contributed by atoms with E-state index in [2.05, 4.69) is 37.2 Å². The molecule has 4 heteroatoms. The molecule has 2 rings (SSSR count). The van der Waals surface area contributed by atoms with E-state index < -0.39 is 0 Å². The van der Waals surface area contributed by atoms with Crippen LogP contribution in [0.15, 0.2) is 45.3 Å². The van der Waals surface area contributed by atoms with Gasteiger partial charge < -0.3 is 5.32 Å². The predicted octanol–water partition coefficient (Wildman–Crippen LogP) is 4.97. The number of aryl methyl sites for hydroxylation is 1. The van der Waals surface area contributed by atoms with Gasteiger partial charge >= 0.3 is 0 Å². The van der Waals surface area contributed by atoms with Gasteiger partial charge in [-0.3, -0.25) is 0 Å². The van der Waals surface area contributed by atoms with Gasteiger partial charge in [-0.25, -0.2) is 4.39 Å². The Hall–Kier alpha value is -0.710. The fourth-order valence-electron chi connectivity index (χ4n) is 2.06. The second kappa shape index (κ2) is 6.16. The molecule has 1 atom stereocenters. The Balaban J connectivity index is 2.46. The summed E-state index contributed by atoms with van der Waals surface area (Å²) in [6.45, 7) is 1.77. The van der Waals surface area contributed by atoms with Crippen molar-refractivity contribution >= 4 is 31.9 Å². The van der Waals surface area contributed by atoms with E-state index in [0.717, 1.165) is 20.1 Å². The fraction of sp³-hybridized carbons (Fsp3) is 0.200. The van der Waals surface area contributed by atoms with Crippen molar-refractivity contribution in [2.24, 2.45) is 0 Å². The maximum atomic E-state index is 13.7. The molecule has 2 aromatic carbocycles. The second-order valence-electron chi connectivity index (χ2n) is 4.43. The molecule has 1 unspecified atom stereocenters. The van der Waals surface area contributed by atoms with Crippen LogP contribution in [-0.2, 0) is 0 Å². The Morgan fingerprint density at radius 2 is 1.63 bits per heavy atom. The maximum Gasteiger partial charge on any atom is 0.126 e. The van der Waals surface area contributed by atoms with Crippen LogP contribution in [0.1, 0.15) is 22.7 Å². The van der Waals surface area contributed by atoms with Gasteiger partial charge in [-0.1, -0.05) is 44.0 Å². The summed E-state index contributed by atoms with van der Waals surface area (Å²) in [5, 5.41) is 3.23. The maximum absolute atomic E-state index is 13.7. The van der Waals surface area contributed by atoms with Gasteiger partial charge in [0, 0.05) is 8.95 Å². The number of hydrogen-bond donors (Lipinski definition) is 1. The van der Waals surface area contributed by atoms with Crippen molar-refractivity contribution in [3.05, 3.63) is 67.9 Å². The van der Waals surface area contributed by atoms with E-state index >= 15 is 0 Å². The van der Waals surface area contributed by atoms with Gasteiger partial charge in [0.15, 0.2) is 0 Å². The monoisotopic (exact) mass is 385 g/mol. The van der Waals surface area contributed by atoms with E-state index in [9.17, 15) is 4.39 Å². The molecule has 1 N–H and O–H groups in total. The van der Waals surface area contributed by atoms with Crippen LogP contribution in [0, 0.1) is 12.7 Å². The van der Waals surface area contributed by atoms with E-state index in [1.165, 1.54) is 0 Å². The Morgan fingerprint density at radius 1 is 1.00 bits per heavy atom. The molecule has 1 nitrogen and oxygen atoms in total. The van der Waals surface area contributed by atoms with Crippen LogP contribution in [0.5, 0.6) is 0 Å². The minimum absolute atomic E-state index is 0.0381. The summed E-state index contributed by atoms with van der Waals surface area (Å²) in [7, 11) is 1.87. The minimum Gasteiger partial charge on any atom is -0.309 e. The van der Waals surface area contributed by atoms with Crippen LogP contribution < -0.4 is 5.32 Å². The average Bonchev–Trinajstić information content (AvgIpc) is 2.33. The molecule has 0 amide bonds. The highest BCUT2D eigenvalue weighted by Gasteiger charge is 2.14. The largest absolute Gasteiger partial charge is 0.309 e. The van der Waals surface area contributed by atoms with Crippen LogP contribution in [0.4, 0.5) is 4.39 Å². The first-order chi connectivity index (χ1) is 9.01. The zero-order chi connectivity index (χ0) is 14.0. The third-order valence-corrected chi connectivity index (χ3v) is 3.95. The summed E-state index contributed by atoms with van der Waals surface area (Å²) >= 11 is 6.95. The van der Waals surface area contributed by atoms with Crippen molar-refractivity contribution in [1.29, 1.82) is 0 Å². The lowest BCUT2D eigenvalue weighted by molar-refractivity contribution is 0.608. The fourth-order valence-corrected chi connectivity index (χ4v) is 3.39. The van der Waals surface area contributed by atoms with E-state index in [-0.39, 0.29) is 11.9 Å². The molecular weight excluding hydrogens is 373 g/mol. The molecule has 0 bridgehead atoms. The zero-order valence-electron chi connectivity index (χ0n) is 10.7. The molecule has 0 saturated carbocycles. The minimum atomic E-state index is -0.174. The summed E-state index contributed by atoms with van der Waals surface area (Å²) in [6.07, 6.45) is 0. The highest BCUT2D eigenvalue weighted by molar-refractivity contribution is 9.11. The number of benzene rings is 2. The highest BCUT2D eigenvalue weighted by Crippen LogP contribution is 2.28. The van der Waals surface area contributed by atoms with Crippen molar-refractivity contribution in [1.82, 2.24) is 5.32 Å². The summed E-state index contributed by atoms with van der Waals surface area (Å²) < 4.78 is 15.7. The summed E-state index contributed by atoms with van der Waals surface area (Å²) in [5.41, 5.74) is 2.65. The molecule has 0 aromatic heterocycles. The smallest absolute Gasteiger partial charge is 0.126 e. The lowest BCUT2D eigenvalue weighted by Crippen LogP contribution is -2.18. The number of hydrogen-bond acceptors (Lipinski definition) is 1. The molecular formula is C15H14Br2FN. The zero-order valence-corrected chi connectivity index (χ0v) is 13.8. The molecule has 0 saturated heterocycles. The Morgan fingerprint density at radius 3 is 2.16 bits per heavy atom. The SMILES string of the molecule is CNC(c1cc(Br)cc(Br)c1)c1ccc(C)c(F)c1. The van der Waals surface area contributed by atoms with Gasteiger partial charge in [0.1, 0.15) is 5.82 Å². The van der Waals surface area contributed by atoms with Gasteiger partial charge in [-0.15, -0.1) is 0 Å². The standard InChI is InChI=1S/C15H14Br2FN/c1-9-3-4-10(7-14(9)18)15(19-2)11-5-12(16)8-13(17)6-11/h3-8,15,19H,1-2H3. The van der Waals surface area contributed by atoms with Gasteiger partial charge in [-0.05, 0) is 54.9 Å². The van der Waals surface area contributed by atoms with E-state index in [1.807, 2.05) is 37.4 Å². The third-order valence-electron chi connectivity index (χ3n) is 3.04. The van der Waals surface area contributed by atoms with Crippen molar-refractivity contribution in [2.75, 3.05) is 7.05 Å². The molecule has 0 spiro atoms. The first-order valence-electron chi connectivity index (χ1n) is 5.90. The first kappa shape index (κ1) is 14.7. The molecule has 2 aromatic rings.